The van der Waals surface area contributed by atoms with Crippen molar-refractivity contribution in [3.8, 4) is 0 Å². The van der Waals surface area contributed by atoms with Crippen LogP contribution in [-0.4, -0.2) is 37.9 Å². The van der Waals surface area contributed by atoms with Crippen LogP contribution in [0, 0.1) is 0 Å². The van der Waals surface area contributed by atoms with Gasteiger partial charge in [-0.15, -0.1) is 0 Å². The summed E-state index contributed by atoms with van der Waals surface area (Å²) >= 11 is 3.38. The molecule has 4 rings (SSSR count). The number of carbonyl (C=O) groups excluding carboxylic acids is 1. The van der Waals surface area contributed by atoms with Gasteiger partial charge in [-0.1, -0.05) is 28.1 Å². The average Bonchev–Trinajstić information content (AvgIpc) is 2.73. The summed E-state index contributed by atoms with van der Waals surface area (Å²) in [4.78, 5) is 13.2. The number of amides is 1. The molecule has 0 N–H and O–H groups in total. The topological polar surface area (TPSA) is 66.9 Å². The van der Waals surface area contributed by atoms with E-state index in [0.717, 1.165) is 32.5 Å². The summed E-state index contributed by atoms with van der Waals surface area (Å²) in [5.74, 6) is 0. The minimum absolute atomic E-state index is 0.00513. The van der Waals surface area contributed by atoms with Crippen LogP contribution in [0.2, 0.25) is 0 Å². The number of cyclic esters (lactones) is 1. The summed E-state index contributed by atoms with van der Waals surface area (Å²) in [6.45, 7) is 0.134. The van der Waals surface area contributed by atoms with E-state index in [1.165, 1.54) is 11.0 Å². The lowest BCUT2D eigenvalue weighted by Crippen LogP contribution is -2.50. The molecule has 0 aliphatic carbocycles. The van der Waals surface area contributed by atoms with Gasteiger partial charge in [0.1, 0.15) is 6.61 Å². The molecule has 0 bridgehead atoms. The Morgan fingerprint density at radius 2 is 1.74 bits per heavy atom. The van der Waals surface area contributed by atoms with Crippen molar-refractivity contribution in [1.29, 1.82) is 0 Å². The molecule has 2 aliphatic heterocycles. The fraction of sp³-hybridized carbons (Fsp3) is 0.350. The number of alkyl halides is 3. The van der Waals surface area contributed by atoms with Crippen molar-refractivity contribution in [1.82, 2.24) is 4.31 Å². The molecule has 6 nitrogen and oxygen atoms in total. The Hall–Kier alpha value is -2.11. The molecule has 2 aromatic carbocycles. The van der Waals surface area contributed by atoms with Gasteiger partial charge in [0.2, 0.25) is 10.0 Å². The highest BCUT2D eigenvalue weighted by Crippen LogP contribution is 2.37. The summed E-state index contributed by atoms with van der Waals surface area (Å²) in [6.07, 6.45) is -4.74. The molecule has 0 atom stereocenters. The first-order valence-corrected chi connectivity index (χ1v) is 11.7. The Morgan fingerprint density at radius 3 is 2.42 bits per heavy atom. The Kier molecular flexibility index (Phi) is 5.78. The van der Waals surface area contributed by atoms with Crippen molar-refractivity contribution in [2.24, 2.45) is 0 Å². The van der Waals surface area contributed by atoms with Crippen molar-refractivity contribution in [3.63, 3.8) is 0 Å². The molecular weight excluding hydrogens is 501 g/mol. The van der Waals surface area contributed by atoms with Crippen LogP contribution in [0.5, 0.6) is 0 Å². The van der Waals surface area contributed by atoms with Crippen LogP contribution in [0.3, 0.4) is 0 Å². The van der Waals surface area contributed by atoms with Crippen molar-refractivity contribution in [2.45, 2.75) is 36.6 Å². The van der Waals surface area contributed by atoms with Crippen LogP contribution in [0.1, 0.15) is 24.0 Å². The maximum atomic E-state index is 13.3. The molecule has 0 radical (unpaired) electrons. The normalized spacial score (nSPS) is 18.6. The number of piperidine rings is 1. The molecule has 1 saturated heterocycles. The van der Waals surface area contributed by atoms with E-state index in [9.17, 15) is 26.4 Å². The van der Waals surface area contributed by atoms with Crippen molar-refractivity contribution >= 4 is 37.7 Å². The third kappa shape index (κ3) is 4.18. The van der Waals surface area contributed by atoms with Gasteiger partial charge in [0, 0.05) is 29.2 Å². The average molecular weight is 519 g/mol. The Labute approximate surface area is 185 Å². The first kappa shape index (κ1) is 22.1. The second-order valence-corrected chi connectivity index (χ2v) is 10.1. The van der Waals surface area contributed by atoms with E-state index in [2.05, 4.69) is 15.9 Å². The molecule has 0 unspecified atom stereocenters. The number of benzene rings is 2. The van der Waals surface area contributed by atoms with Gasteiger partial charge in [-0.3, -0.25) is 4.90 Å². The van der Waals surface area contributed by atoms with Crippen LogP contribution in [0.15, 0.2) is 51.8 Å². The van der Waals surface area contributed by atoms with Crippen molar-refractivity contribution < 1.29 is 31.1 Å². The van der Waals surface area contributed by atoms with Gasteiger partial charge >= 0.3 is 12.3 Å². The third-order valence-electron chi connectivity index (χ3n) is 5.45. The zero-order valence-electron chi connectivity index (χ0n) is 16.1. The third-order valence-corrected chi connectivity index (χ3v) is 7.90. The van der Waals surface area contributed by atoms with E-state index >= 15 is 0 Å². The zero-order valence-corrected chi connectivity index (χ0v) is 18.5. The number of hydrogen-bond donors (Lipinski definition) is 0. The summed E-state index contributed by atoms with van der Waals surface area (Å²) in [5.41, 5.74) is 0.336. The number of anilines is 1. The molecule has 2 aromatic rings. The minimum atomic E-state index is -4.78. The second-order valence-electron chi connectivity index (χ2n) is 7.33. The van der Waals surface area contributed by atoms with E-state index in [1.54, 1.807) is 12.1 Å². The molecular formula is C20H18BrF3N2O4S. The molecule has 11 heteroatoms. The number of fused-ring (bicyclic) bond motifs is 1. The van der Waals surface area contributed by atoms with E-state index in [1.807, 2.05) is 6.07 Å². The highest BCUT2D eigenvalue weighted by Gasteiger charge is 2.41. The molecule has 0 aromatic heterocycles. The Bertz CT molecular complexity index is 1120. The van der Waals surface area contributed by atoms with Crippen LogP contribution in [0.25, 0.3) is 0 Å². The van der Waals surface area contributed by atoms with E-state index in [0.29, 0.717) is 5.69 Å². The molecule has 2 aliphatic rings. The van der Waals surface area contributed by atoms with E-state index in [4.69, 9.17) is 4.74 Å². The summed E-state index contributed by atoms with van der Waals surface area (Å²) in [6, 6.07) is 9.29. The van der Waals surface area contributed by atoms with E-state index < -0.39 is 32.8 Å². The van der Waals surface area contributed by atoms with Crippen LogP contribution >= 0.6 is 15.9 Å². The SMILES string of the molecule is O=C1OCc2cc(Br)ccc2N1C1CCN(S(=O)(=O)c2ccccc2C(F)(F)F)CC1. The molecule has 0 saturated carbocycles. The second kappa shape index (κ2) is 8.10. The number of halogens is 4. The predicted octanol–water partition coefficient (Wildman–Crippen LogP) is 4.78. The first-order chi connectivity index (χ1) is 14.6. The maximum absolute atomic E-state index is 13.3. The lowest BCUT2D eigenvalue weighted by Gasteiger charge is -2.40. The molecule has 1 fully saturated rings. The lowest BCUT2D eigenvalue weighted by atomic mass is 10.0. The zero-order chi connectivity index (χ0) is 22.4. The maximum Gasteiger partial charge on any atom is 0.417 e. The van der Waals surface area contributed by atoms with Gasteiger partial charge < -0.3 is 4.74 Å². The Balaban J connectivity index is 1.56. The summed E-state index contributed by atoms with van der Waals surface area (Å²) in [5, 5.41) is 0. The summed E-state index contributed by atoms with van der Waals surface area (Å²) in [7, 11) is -4.34. The van der Waals surface area contributed by atoms with Crippen molar-refractivity contribution in [3.05, 3.63) is 58.1 Å². The minimum Gasteiger partial charge on any atom is -0.444 e. The fourth-order valence-electron chi connectivity index (χ4n) is 3.96. The number of carbonyl (C=O) groups is 1. The molecule has 0 spiro atoms. The van der Waals surface area contributed by atoms with Crippen LogP contribution in [-0.2, 0) is 27.5 Å². The monoisotopic (exact) mass is 518 g/mol. The standard InChI is InChI=1S/C20H18BrF3N2O4S/c21-14-5-6-17-13(11-14)12-30-19(27)26(17)15-7-9-25(10-8-15)31(28,29)18-4-2-1-3-16(18)20(22,23)24/h1-6,11,15H,7-10,12H2. The molecule has 166 valence electrons. The van der Waals surface area contributed by atoms with Gasteiger partial charge in [0.15, 0.2) is 0 Å². The molecule has 2 heterocycles. The van der Waals surface area contributed by atoms with E-state index in [-0.39, 0.29) is 38.6 Å². The van der Waals surface area contributed by atoms with Gasteiger partial charge in [0.05, 0.1) is 16.1 Å². The van der Waals surface area contributed by atoms with Gasteiger partial charge in [0.25, 0.3) is 0 Å². The molecule has 1 amide bonds. The highest BCUT2D eigenvalue weighted by molar-refractivity contribution is 9.10. The smallest absolute Gasteiger partial charge is 0.417 e. The Morgan fingerprint density at radius 1 is 1.06 bits per heavy atom. The van der Waals surface area contributed by atoms with Gasteiger partial charge in [-0.25, -0.2) is 13.2 Å². The number of sulfonamides is 1. The van der Waals surface area contributed by atoms with Gasteiger partial charge in [-0.05, 0) is 43.2 Å². The van der Waals surface area contributed by atoms with Gasteiger partial charge in [-0.2, -0.15) is 17.5 Å². The highest BCUT2D eigenvalue weighted by atomic mass is 79.9. The lowest BCUT2D eigenvalue weighted by molar-refractivity contribution is -0.139. The number of nitrogens with zero attached hydrogens (tertiary/aromatic N) is 2. The van der Waals surface area contributed by atoms with Crippen LogP contribution in [0.4, 0.5) is 23.7 Å². The fourth-order valence-corrected chi connectivity index (χ4v) is 6.05. The molecule has 31 heavy (non-hydrogen) atoms. The predicted molar refractivity (Wildman–Crippen MR) is 110 cm³/mol. The first-order valence-electron chi connectivity index (χ1n) is 9.50. The number of rotatable bonds is 3. The summed E-state index contributed by atoms with van der Waals surface area (Å²) < 4.78 is 73.0. The quantitative estimate of drug-likeness (QED) is 0.586. The largest absolute Gasteiger partial charge is 0.444 e. The number of hydrogen-bond acceptors (Lipinski definition) is 4. The van der Waals surface area contributed by atoms with Crippen LogP contribution < -0.4 is 4.90 Å². The van der Waals surface area contributed by atoms with Crippen molar-refractivity contribution in [2.75, 3.05) is 18.0 Å². The number of ether oxygens (including phenoxy) is 1.